The fourth-order valence-electron chi connectivity index (χ4n) is 2.82. The molecule has 3 N–H and O–H groups in total. The maximum Gasteiger partial charge on any atom is 0.295 e. The third-order valence-electron chi connectivity index (χ3n) is 4.11. The number of nitro benzene ring substituents is 1. The lowest BCUT2D eigenvalue weighted by atomic mass is 10.1. The number of aryl methyl sites for hydroxylation is 1. The number of nitrogens with one attached hydrogen (secondary N) is 1. The highest BCUT2D eigenvalue weighted by Crippen LogP contribution is 2.26. The Kier molecular flexibility index (Phi) is 4.83. The largest absolute Gasteiger partial charge is 0.393 e. The van der Waals surface area contributed by atoms with Crippen LogP contribution in [0.4, 0.5) is 15.8 Å². The predicted molar refractivity (Wildman–Crippen MR) is 96.4 cm³/mol. The molecule has 0 radical (unpaired) electrons. The number of fused-ring (bicyclic) bond motifs is 1. The summed E-state index contributed by atoms with van der Waals surface area (Å²) in [5.41, 5.74) is 5.53. The first-order valence-electron chi connectivity index (χ1n) is 8.03. The van der Waals surface area contributed by atoms with Gasteiger partial charge in [0, 0.05) is 24.8 Å². The molecule has 0 aliphatic carbocycles. The highest BCUT2D eigenvalue weighted by molar-refractivity contribution is 6.01. The zero-order valence-corrected chi connectivity index (χ0v) is 13.8. The summed E-state index contributed by atoms with van der Waals surface area (Å²) < 4.78 is 15.6. The predicted octanol–water partition coefficient (Wildman–Crippen LogP) is 3.09. The molecule has 8 heteroatoms. The molecule has 0 aliphatic rings. The number of rotatable bonds is 6. The van der Waals surface area contributed by atoms with Gasteiger partial charge >= 0.3 is 0 Å². The lowest BCUT2D eigenvalue weighted by molar-refractivity contribution is -0.384. The van der Waals surface area contributed by atoms with Crippen LogP contribution in [-0.4, -0.2) is 21.9 Å². The van der Waals surface area contributed by atoms with Crippen LogP contribution in [0.25, 0.3) is 10.9 Å². The van der Waals surface area contributed by atoms with Gasteiger partial charge in [-0.2, -0.15) is 0 Å². The molecule has 3 aromatic rings. The van der Waals surface area contributed by atoms with Crippen molar-refractivity contribution in [2.45, 2.75) is 13.0 Å². The van der Waals surface area contributed by atoms with Gasteiger partial charge in [-0.05, 0) is 30.0 Å². The maximum atomic E-state index is 13.5. The Balaban J connectivity index is 1.62. The van der Waals surface area contributed by atoms with Crippen molar-refractivity contribution in [3.05, 3.63) is 70.2 Å². The Bertz CT molecular complexity index is 984. The number of amides is 1. The molecule has 0 unspecified atom stereocenters. The van der Waals surface area contributed by atoms with Crippen molar-refractivity contribution in [1.29, 1.82) is 0 Å². The summed E-state index contributed by atoms with van der Waals surface area (Å²) in [5, 5.41) is 14.6. The number of aromatic nitrogens is 1. The molecule has 1 aromatic heterocycles. The molecule has 0 saturated carbocycles. The number of anilines is 1. The van der Waals surface area contributed by atoms with E-state index < -0.39 is 22.3 Å². The van der Waals surface area contributed by atoms with E-state index in [0.717, 1.165) is 17.0 Å². The van der Waals surface area contributed by atoms with Crippen molar-refractivity contribution in [1.82, 2.24) is 9.88 Å². The van der Waals surface area contributed by atoms with Crippen LogP contribution in [0.1, 0.15) is 16.8 Å². The Morgan fingerprint density at radius 2 is 2.04 bits per heavy atom. The maximum absolute atomic E-state index is 13.5. The number of carbonyl (C=O) groups is 1. The van der Waals surface area contributed by atoms with Gasteiger partial charge < -0.3 is 15.6 Å². The zero-order chi connectivity index (χ0) is 18.7. The van der Waals surface area contributed by atoms with Gasteiger partial charge in [-0.15, -0.1) is 0 Å². The van der Waals surface area contributed by atoms with E-state index in [1.165, 1.54) is 0 Å². The van der Waals surface area contributed by atoms with E-state index in [1.54, 1.807) is 0 Å². The van der Waals surface area contributed by atoms with Crippen LogP contribution in [0.3, 0.4) is 0 Å². The number of nitrogens with zero attached hydrogens (tertiary/aromatic N) is 2. The van der Waals surface area contributed by atoms with Crippen LogP contribution in [0, 0.1) is 15.9 Å². The third kappa shape index (κ3) is 3.49. The summed E-state index contributed by atoms with van der Waals surface area (Å²) in [4.78, 5) is 22.2. The van der Waals surface area contributed by atoms with E-state index in [-0.39, 0.29) is 11.3 Å². The van der Waals surface area contributed by atoms with E-state index >= 15 is 0 Å². The van der Waals surface area contributed by atoms with Crippen molar-refractivity contribution < 1.29 is 14.1 Å². The molecule has 0 atom stereocenters. The minimum atomic E-state index is -0.880. The van der Waals surface area contributed by atoms with Gasteiger partial charge in [0.05, 0.1) is 16.6 Å². The number of carbonyl (C=O) groups excluding carboxylic acids is 1. The smallest absolute Gasteiger partial charge is 0.295 e. The number of nitro groups is 1. The summed E-state index contributed by atoms with van der Waals surface area (Å²) >= 11 is 0. The quantitative estimate of drug-likeness (QED) is 0.306. The normalized spacial score (nSPS) is 10.8. The van der Waals surface area contributed by atoms with Crippen LogP contribution < -0.4 is 11.1 Å². The lowest BCUT2D eigenvalue weighted by Crippen LogP contribution is -2.26. The van der Waals surface area contributed by atoms with Gasteiger partial charge in [-0.1, -0.05) is 18.2 Å². The molecular weight excluding hydrogens is 339 g/mol. The summed E-state index contributed by atoms with van der Waals surface area (Å²) in [6.45, 7) is 1.02. The summed E-state index contributed by atoms with van der Waals surface area (Å²) in [7, 11) is 0. The lowest BCUT2D eigenvalue weighted by Gasteiger charge is -2.09. The van der Waals surface area contributed by atoms with Crippen LogP contribution in [0.2, 0.25) is 0 Å². The molecule has 0 bridgehead atoms. The molecule has 1 heterocycles. The molecular formula is C18H17FN4O3. The number of hydrogen-bond donors (Lipinski definition) is 2. The molecule has 0 spiro atoms. The van der Waals surface area contributed by atoms with Crippen molar-refractivity contribution in [3.8, 4) is 0 Å². The number of nitrogens with two attached hydrogens (primary N) is 1. The van der Waals surface area contributed by atoms with Gasteiger partial charge in [0.1, 0.15) is 11.5 Å². The number of benzene rings is 2. The Hall–Kier alpha value is -3.42. The first kappa shape index (κ1) is 17.4. The van der Waals surface area contributed by atoms with E-state index in [4.69, 9.17) is 5.73 Å². The van der Waals surface area contributed by atoms with E-state index in [9.17, 15) is 19.3 Å². The zero-order valence-electron chi connectivity index (χ0n) is 13.8. The SMILES string of the molecule is Nc1c(C(=O)NCCCn2ccc3ccccc32)cc(F)cc1[N+](=O)[O-]. The average Bonchev–Trinajstić information content (AvgIpc) is 3.03. The number of para-hydroxylation sites is 1. The van der Waals surface area contributed by atoms with Crippen molar-refractivity contribution >= 4 is 28.2 Å². The molecule has 2 aromatic carbocycles. The molecule has 1 amide bonds. The Morgan fingerprint density at radius 1 is 1.27 bits per heavy atom. The fraction of sp³-hybridized carbons (Fsp3) is 0.167. The Labute approximate surface area is 148 Å². The Morgan fingerprint density at radius 3 is 2.81 bits per heavy atom. The second kappa shape index (κ2) is 7.22. The van der Waals surface area contributed by atoms with Gasteiger partial charge in [0.25, 0.3) is 11.6 Å². The minimum Gasteiger partial charge on any atom is -0.393 e. The van der Waals surface area contributed by atoms with E-state index in [1.807, 2.05) is 36.5 Å². The van der Waals surface area contributed by atoms with Crippen molar-refractivity contribution in [2.75, 3.05) is 12.3 Å². The average molecular weight is 356 g/mol. The van der Waals surface area contributed by atoms with E-state index in [2.05, 4.69) is 9.88 Å². The van der Waals surface area contributed by atoms with E-state index in [0.29, 0.717) is 25.6 Å². The molecule has 7 nitrogen and oxygen atoms in total. The minimum absolute atomic E-state index is 0.233. The molecule has 3 rings (SSSR count). The van der Waals surface area contributed by atoms with Crippen LogP contribution >= 0.6 is 0 Å². The van der Waals surface area contributed by atoms with Crippen molar-refractivity contribution in [2.24, 2.45) is 0 Å². The van der Waals surface area contributed by atoms with Crippen LogP contribution in [-0.2, 0) is 6.54 Å². The first-order valence-corrected chi connectivity index (χ1v) is 8.03. The molecule has 26 heavy (non-hydrogen) atoms. The first-order chi connectivity index (χ1) is 12.5. The molecule has 0 saturated heterocycles. The molecule has 0 fully saturated rings. The number of hydrogen-bond acceptors (Lipinski definition) is 4. The van der Waals surface area contributed by atoms with Gasteiger partial charge in [-0.3, -0.25) is 14.9 Å². The second-order valence-electron chi connectivity index (χ2n) is 5.82. The van der Waals surface area contributed by atoms with Gasteiger partial charge in [0.2, 0.25) is 0 Å². The van der Waals surface area contributed by atoms with Crippen molar-refractivity contribution in [3.63, 3.8) is 0 Å². The molecule has 0 aliphatic heterocycles. The summed E-state index contributed by atoms with van der Waals surface area (Å²) in [5.74, 6) is -1.52. The highest BCUT2D eigenvalue weighted by atomic mass is 19.1. The molecule has 134 valence electrons. The van der Waals surface area contributed by atoms with Crippen LogP contribution in [0.5, 0.6) is 0 Å². The van der Waals surface area contributed by atoms with Gasteiger partial charge in [0.15, 0.2) is 0 Å². The summed E-state index contributed by atoms with van der Waals surface area (Å²) in [6.07, 6.45) is 2.61. The highest BCUT2D eigenvalue weighted by Gasteiger charge is 2.21. The second-order valence-corrected chi connectivity index (χ2v) is 5.82. The fourth-order valence-corrected chi connectivity index (χ4v) is 2.82. The standard InChI is InChI=1S/C18H17FN4O3/c19-13-10-14(17(20)16(11-13)23(25)26)18(24)21-7-3-8-22-9-6-12-4-1-2-5-15(12)22/h1-2,4-6,9-11H,3,7-8,20H2,(H,21,24). The number of nitrogen functional groups attached to an aromatic ring is 1. The third-order valence-corrected chi connectivity index (χ3v) is 4.11. The monoisotopic (exact) mass is 356 g/mol. The topological polar surface area (TPSA) is 103 Å². The van der Waals surface area contributed by atoms with Crippen LogP contribution in [0.15, 0.2) is 48.7 Å². The number of halogens is 1. The summed E-state index contributed by atoms with van der Waals surface area (Å²) in [6, 6.07) is 11.6. The van der Waals surface area contributed by atoms with Gasteiger partial charge in [-0.25, -0.2) is 4.39 Å².